The fourth-order valence-electron chi connectivity index (χ4n) is 3.26. The Hall–Kier alpha value is -2.09. The molecule has 1 aromatic carbocycles. The van der Waals surface area contributed by atoms with Gasteiger partial charge in [0.15, 0.2) is 0 Å². The van der Waals surface area contributed by atoms with Crippen LogP contribution < -0.4 is 0 Å². The molecule has 3 atom stereocenters. The van der Waals surface area contributed by atoms with E-state index < -0.39 is 17.7 Å². The minimum Gasteiger partial charge on any atom is -0.373 e. The molecule has 26 heavy (non-hydrogen) atoms. The zero-order chi connectivity index (χ0) is 19.7. The molecule has 1 saturated heterocycles. The van der Waals surface area contributed by atoms with E-state index >= 15 is 0 Å². The van der Waals surface area contributed by atoms with Crippen LogP contribution in [0.4, 0.5) is 13.2 Å². The number of hydrogen-bond acceptors (Lipinski definition) is 3. The van der Waals surface area contributed by atoms with Crippen molar-refractivity contribution in [2.75, 3.05) is 20.1 Å². The second-order valence-corrected chi connectivity index (χ2v) is 6.94. The van der Waals surface area contributed by atoms with Gasteiger partial charge in [0.1, 0.15) is 0 Å². The number of benzene rings is 1. The van der Waals surface area contributed by atoms with Crippen molar-refractivity contribution < 1.29 is 27.9 Å². The zero-order valence-corrected chi connectivity index (χ0v) is 15.0. The molecule has 0 aromatic heterocycles. The van der Waals surface area contributed by atoms with Gasteiger partial charge in [-0.05, 0) is 31.4 Å². The third-order valence-electron chi connectivity index (χ3n) is 4.95. The summed E-state index contributed by atoms with van der Waals surface area (Å²) in [5.74, 6) is -1.76. The Labute approximate surface area is 150 Å². The molecule has 8 heteroatoms. The van der Waals surface area contributed by atoms with Crippen molar-refractivity contribution in [3.8, 4) is 0 Å². The van der Waals surface area contributed by atoms with Gasteiger partial charge in [-0.25, -0.2) is 0 Å². The summed E-state index contributed by atoms with van der Waals surface area (Å²) in [6.45, 7) is 2.34. The van der Waals surface area contributed by atoms with Crippen LogP contribution in [0.5, 0.6) is 0 Å². The van der Waals surface area contributed by atoms with Crippen LogP contribution in [0.2, 0.25) is 0 Å². The van der Waals surface area contributed by atoms with Crippen molar-refractivity contribution in [3.05, 3.63) is 35.9 Å². The topological polar surface area (TPSA) is 60.9 Å². The van der Waals surface area contributed by atoms with E-state index in [0.717, 1.165) is 4.90 Å². The van der Waals surface area contributed by atoms with E-state index in [0.29, 0.717) is 18.9 Å². The normalized spacial score (nSPS) is 23.3. The molecule has 1 aromatic rings. The quantitative estimate of drug-likeness (QED) is 0.886. The van der Waals surface area contributed by atoms with Gasteiger partial charge in [0.2, 0.25) is 5.60 Å². The van der Waals surface area contributed by atoms with Crippen molar-refractivity contribution in [3.63, 3.8) is 0 Å². The first-order chi connectivity index (χ1) is 12.0. The Bertz CT molecular complexity index is 661. The molecule has 1 N–H and O–H groups in total. The van der Waals surface area contributed by atoms with Crippen LogP contribution in [0.25, 0.3) is 0 Å². The maximum absolute atomic E-state index is 12.9. The molecule has 2 amide bonds. The summed E-state index contributed by atoms with van der Waals surface area (Å²) in [6.07, 6.45) is -4.69. The van der Waals surface area contributed by atoms with Crippen LogP contribution in [-0.2, 0) is 4.79 Å². The van der Waals surface area contributed by atoms with Gasteiger partial charge in [0.25, 0.3) is 11.8 Å². The van der Waals surface area contributed by atoms with E-state index in [4.69, 9.17) is 0 Å². The van der Waals surface area contributed by atoms with Gasteiger partial charge in [-0.15, -0.1) is 0 Å². The molecular formula is C18H23F3N2O3. The predicted octanol–water partition coefficient (Wildman–Crippen LogP) is 2.31. The van der Waals surface area contributed by atoms with E-state index in [2.05, 4.69) is 0 Å². The first-order valence-corrected chi connectivity index (χ1v) is 8.37. The zero-order valence-electron chi connectivity index (χ0n) is 15.0. The fourth-order valence-corrected chi connectivity index (χ4v) is 3.26. The third kappa shape index (κ3) is 3.85. The number of amides is 2. The number of rotatable bonds is 3. The minimum absolute atomic E-state index is 0.0438. The highest BCUT2D eigenvalue weighted by atomic mass is 19.4. The van der Waals surface area contributed by atoms with Gasteiger partial charge in [0, 0.05) is 31.7 Å². The van der Waals surface area contributed by atoms with Gasteiger partial charge < -0.3 is 14.9 Å². The average Bonchev–Trinajstić information content (AvgIpc) is 2.59. The van der Waals surface area contributed by atoms with Crippen molar-refractivity contribution in [1.82, 2.24) is 9.80 Å². The Kier molecular flexibility index (Phi) is 5.65. The summed E-state index contributed by atoms with van der Waals surface area (Å²) in [7, 11) is 1.65. The standard InChI is InChI=1S/C18H23F3N2O3/c1-12-11-23(16(25)17(2,26)18(19,20)21)10-9-14(12)22(3)15(24)13-7-5-4-6-8-13/h4-8,12,14,26H,9-11H2,1-3H3/t12-,14+,17?/m0/s1. The van der Waals surface area contributed by atoms with Gasteiger partial charge >= 0.3 is 6.18 Å². The molecule has 0 aliphatic carbocycles. The highest BCUT2D eigenvalue weighted by molar-refractivity contribution is 5.94. The van der Waals surface area contributed by atoms with Crippen LogP contribution in [0.15, 0.2) is 30.3 Å². The highest BCUT2D eigenvalue weighted by Crippen LogP contribution is 2.33. The molecule has 5 nitrogen and oxygen atoms in total. The minimum atomic E-state index is -5.04. The number of piperidine rings is 1. The third-order valence-corrected chi connectivity index (χ3v) is 4.95. The van der Waals surface area contributed by atoms with E-state index in [-0.39, 0.29) is 31.0 Å². The number of hydrogen-bond donors (Lipinski definition) is 1. The molecule has 0 radical (unpaired) electrons. The molecule has 0 bridgehead atoms. The second kappa shape index (κ2) is 7.26. The fraction of sp³-hybridized carbons (Fsp3) is 0.556. The van der Waals surface area contributed by atoms with Crippen LogP contribution in [0.1, 0.15) is 30.6 Å². The van der Waals surface area contributed by atoms with Crippen LogP contribution in [0, 0.1) is 5.92 Å². The lowest BCUT2D eigenvalue weighted by atomic mass is 9.90. The monoisotopic (exact) mass is 372 g/mol. The Morgan fingerprint density at radius 3 is 2.31 bits per heavy atom. The number of carbonyl (C=O) groups excluding carboxylic acids is 2. The highest BCUT2D eigenvalue weighted by Gasteiger charge is 2.57. The Morgan fingerprint density at radius 2 is 1.81 bits per heavy atom. The molecule has 1 aliphatic rings. The summed E-state index contributed by atoms with van der Waals surface area (Å²) >= 11 is 0. The summed E-state index contributed by atoms with van der Waals surface area (Å²) in [5.41, 5.74) is -2.88. The van der Waals surface area contributed by atoms with Crippen LogP contribution in [-0.4, -0.2) is 64.7 Å². The molecule has 1 fully saturated rings. The smallest absolute Gasteiger partial charge is 0.373 e. The summed E-state index contributed by atoms with van der Waals surface area (Å²) in [6, 6.07) is 8.50. The SMILES string of the molecule is C[C@H]1CN(C(=O)C(C)(O)C(F)(F)F)CC[C@H]1N(C)C(=O)c1ccccc1. The molecule has 144 valence electrons. The van der Waals surface area contributed by atoms with Gasteiger partial charge in [0.05, 0.1) is 0 Å². The van der Waals surface area contributed by atoms with Crippen molar-refractivity contribution in [2.24, 2.45) is 5.92 Å². The number of alkyl halides is 3. The molecule has 1 aliphatic heterocycles. The Balaban J connectivity index is 2.06. The molecule has 2 rings (SSSR count). The predicted molar refractivity (Wildman–Crippen MR) is 89.4 cm³/mol. The number of carbonyl (C=O) groups is 2. The number of halogens is 3. The lowest BCUT2D eigenvalue weighted by molar-refractivity contribution is -0.251. The number of likely N-dealkylation sites (tertiary alicyclic amines) is 1. The summed E-state index contributed by atoms with van der Waals surface area (Å²) < 4.78 is 38.7. The van der Waals surface area contributed by atoms with Crippen LogP contribution in [0.3, 0.4) is 0 Å². The molecule has 0 spiro atoms. The lowest BCUT2D eigenvalue weighted by Gasteiger charge is -2.43. The molecule has 1 unspecified atom stereocenters. The van der Waals surface area contributed by atoms with E-state index in [9.17, 15) is 27.9 Å². The first kappa shape index (κ1) is 20.2. The van der Waals surface area contributed by atoms with Gasteiger partial charge in [-0.2, -0.15) is 13.2 Å². The van der Waals surface area contributed by atoms with Crippen molar-refractivity contribution in [1.29, 1.82) is 0 Å². The molecule has 1 heterocycles. The maximum Gasteiger partial charge on any atom is 0.426 e. The van der Waals surface area contributed by atoms with E-state index in [1.54, 1.807) is 49.2 Å². The largest absolute Gasteiger partial charge is 0.426 e. The van der Waals surface area contributed by atoms with E-state index in [1.807, 2.05) is 0 Å². The average molecular weight is 372 g/mol. The van der Waals surface area contributed by atoms with E-state index in [1.165, 1.54) is 0 Å². The molecular weight excluding hydrogens is 349 g/mol. The van der Waals surface area contributed by atoms with Crippen molar-refractivity contribution in [2.45, 2.75) is 38.1 Å². The van der Waals surface area contributed by atoms with Gasteiger partial charge in [-0.3, -0.25) is 9.59 Å². The Morgan fingerprint density at radius 1 is 1.23 bits per heavy atom. The van der Waals surface area contributed by atoms with Gasteiger partial charge in [-0.1, -0.05) is 25.1 Å². The summed E-state index contributed by atoms with van der Waals surface area (Å²) in [5, 5.41) is 9.59. The lowest BCUT2D eigenvalue weighted by Crippen LogP contribution is -2.60. The first-order valence-electron chi connectivity index (χ1n) is 8.37. The number of aliphatic hydroxyl groups is 1. The van der Waals surface area contributed by atoms with Crippen molar-refractivity contribution >= 4 is 11.8 Å². The second-order valence-electron chi connectivity index (χ2n) is 6.94. The van der Waals surface area contributed by atoms with Crippen LogP contribution >= 0.6 is 0 Å². The maximum atomic E-state index is 12.9. The molecule has 0 saturated carbocycles. The summed E-state index contributed by atoms with van der Waals surface area (Å²) in [4.78, 5) is 27.3. The number of nitrogens with zero attached hydrogens (tertiary/aromatic N) is 2.